The van der Waals surface area contributed by atoms with E-state index in [-0.39, 0.29) is 18.2 Å². The molecule has 1 fully saturated rings. The zero-order valence-corrected chi connectivity index (χ0v) is 19.0. The minimum Gasteiger partial charge on any atom is -0.480 e. The van der Waals surface area contributed by atoms with Crippen molar-refractivity contribution in [3.63, 3.8) is 0 Å². The van der Waals surface area contributed by atoms with E-state index < -0.39 is 60.5 Å². The molecule has 1 aliphatic heterocycles. The summed E-state index contributed by atoms with van der Waals surface area (Å²) < 4.78 is 0. The number of rotatable bonds is 11. The Kier molecular flexibility index (Phi) is 10.5. The number of carboxylic acid groups (broad SMARTS) is 1. The second-order valence-corrected chi connectivity index (χ2v) is 8.51. The van der Waals surface area contributed by atoms with Crippen LogP contribution in [-0.2, 0) is 24.0 Å². The van der Waals surface area contributed by atoms with Crippen molar-refractivity contribution in [1.29, 1.82) is 0 Å². The third-order valence-electron chi connectivity index (χ3n) is 5.05. The Hall–Kier alpha value is -2.73. The van der Waals surface area contributed by atoms with Gasteiger partial charge in [0.15, 0.2) is 0 Å². The molecule has 0 spiro atoms. The Morgan fingerprint density at radius 1 is 1.09 bits per heavy atom. The van der Waals surface area contributed by atoms with Gasteiger partial charge in [0.05, 0.1) is 18.7 Å². The quantitative estimate of drug-likeness (QED) is 0.204. The summed E-state index contributed by atoms with van der Waals surface area (Å²) in [5.41, 5.74) is 5.61. The van der Waals surface area contributed by atoms with Crippen molar-refractivity contribution in [2.75, 3.05) is 13.1 Å². The molecule has 0 aromatic heterocycles. The van der Waals surface area contributed by atoms with Gasteiger partial charge in [0, 0.05) is 6.54 Å². The van der Waals surface area contributed by atoms with Crippen LogP contribution in [0.5, 0.6) is 0 Å². The van der Waals surface area contributed by atoms with Gasteiger partial charge in [-0.25, -0.2) is 4.79 Å². The first-order valence-corrected chi connectivity index (χ1v) is 10.7. The second kappa shape index (κ2) is 12.3. The number of hydrogen-bond acceptors (Lipinski definition) is 7. The minimum absolute atomic E-state index is 0.00417. The summed E-state index contributed by atoms with van der Waals surface area (Å²) in [6.07, 6.45) is -0.0574. The van der Waals surface area contributed by atoms with Crippen LogP contribution in [0.25, 0.3) is 0 Å². The number of aliphatic hydroxyl groups excluding tert-OH is 1. The number of nitrogens with zero attached hydrogens (tertiary/aromatic N) is 1. The third-order valence-corrected chi connectivity index (χ3v) is 5.05. The molecule has 0 aromatic rings. The van der Waals surface area contributed by atoms with E-state index in [0.29, 0.717) is 19.4 Å². The first-order valence-electron chi connectivity index (χ1n) is 10.7. The summed E-state index contributed by atoms with van der Waals surface area (Å²) in [4.78, 5) is 62.0. The summed E-state index contributed by atoms with van der Waals surface area (Å²) in [5.74, 6) is -3.71. The Balaban J connectivity index is 2.67. The Labute approximate surface area is 187 Å². The predicted molar refractivity (Wildman–Crippen MR) is 114 cm³/mol. The largest absolute Gasteiger partial charge is 0.480 e. The van der Waals surface area contributed by atoms with E-state index in [9.17, 15) is 34.2 Å². The second-order valence-electron chi connectivity index (χ2n) is 8.51. The fraction of sp³-hybridized carbons (Fsp3) is 0.750. The highest BCUT2D eigenvalue weighted by molar-refractivity contribution is 5.94. The molecule has 0 saturated carbocycles. The van der Waals surface area contributed by atoms with Gasteiger partial charge in [-0.05, 0) is 39.0 Å². The lowest BCUT2D eigenvalue weighted by Crippen LogP contribution is -2.57. The zero-order valence-electron chi connectivity index (χ0n) is 19.0. The molecule has 1 aliphatic rings. The van der Waals surface area contributed by atoms with Gasteiger partial charge in [0.25, 0.3) is 0 Å². The highest BCUT2D eigenvalue weighted by Gasteiger charge is 2.35. The average molecular weight is 458 g/mol. The normalized spacial score (nSPS) is 19.6. The molecule has 0 radical (unpaired) electrons. The van der Waals surface area contributed by atoms with Crippen molar-refractivity contribution < 1.29 is 34.2 Å². The van der Waals surface area contributed by atoms with Crippen molar-refractivity contribution in [1.82, 2.24) is 20.9 Å². The van der Waals surface area contributed by atoms with Gasteiger partial charge < -0.3 is 36.8 Å². The summed E-state index contributed by atoms with van der Waals surface area (Å²) >= 11 is 0. The number of amides is 4. The van der Waals surface area contributed by atoms with Crippen LogP contribution in [0.2, 0.25) is 0 Å². The number of nitrogens with two attached hydrogens (primary N) is 1. The van der Waals surface area contributed by atoms with E-state index in [2.05, 4.69) is 16.0 Å². The van der Waals surface area contributed by atoms with E-state index in [4.69, 9.17) is 5.73 Å². The lowest BCUT2D eigenvalue weighted by Gasteiger charge is -2.26. The molecule has 1 rings (SSSR count). The van der Waals surface area contributed by atoms with Crippen LogP contribution in [0.3, 0.4) is 0 Å². The number of carbonyl (C=O) groups is 5. The summed E-state index contributed by atoms with van der Waals surface area (Å²) in [7, 11) is 0. The number of aliphatic hydroxyl groups is 1. The predicted octanol–water partition coefficient (Wildman–Crippen LogP) is -2.08. The molecule has 4 amide bonds. The molecular weight excluding hydrogens is 422 g/mol. The number of likely N-dealkylation sites (tertiary alicyclic amines) is 1. The molecule has 5 atom stereocenters. The molecule has 12 nitrogen and oxygen atoms in total. The topological polar surface area (TPSA) is 191 Å². The van der Waals surface area contributed by atoms with Crippen LogP contribution < -0.4 is 21.7 Å². The number of aliphatic carboxylic acids is 1. The molecule has 7 N–H and O–H groups in total. The third kappa shape index (κ3) is 8.08. The molecule has 32 heavy (non-hydrogen) atoms. The molecule has 12 heteroatoms. The number of nitrogens with one attached hydrogen (secondary N) is 3. The van der Waals surface area contributed by atoms with Crippen molar-refractivity contribution in [3.05, 3.63) is 0 Å². The average Bonchev–Trinajstić information content (AvgIpc) is 3.17. The van der Waals surface area contributed by atoms with Crippen LogP contribution in [0.4, 0.5) is 0 Å². The van der Waals surface area contributed by atoms with Crippen molar-refractivity contribution >= 4 is 29.6 Å². The van der Waals surface area contributed by atoms with Gasteiger partial charge in [0.1, 0.15) is 18.1 Å². The van der Waals surface area contributed by atoms with Crippen LogP contribution >= 0.6 is 0 Å². The molecule has 1 heterocycles. The molecule has 0 bridgehead atoms. The van der Waals surface area contributed by atoms with Crippen LogP contribution in [0, 0.1) is 5.92 Å². The van der Waals surface area contributed by atoms with Gasteiger partial charge in [-0.3, -0.25) is 19.2 Å². The van der Waals surface area contributed by atoms with Gasteiger partial charge >= 0.3 is 5.97 Å². The van der Waals surface area contributed by atoms with E-state index in [0.717, 1.165) is 0 Å². The summed E-state index contributed by atoms with van der Waals surface area (Å²) in [6, 6.07) is -4.06. The van der Waals surface area contributed by atoms with Gasteiger partial charge in [-0.1, -0.05) is 13.8 Å². The van der Waals surface area contributed by atoms with Gasteiger partial charge in [-0.2, -0.15) is 0 Å². The SMILES string of the molecule is CC(C)C[C@H](NC(=O)[C@@H](NC(=O)CNC(=O)[C@@H]1CCCN1C(=O)[C@H](C)N)[C@@H](C)O)C(=O)O. The maximum atomic E-state index is 12.5. The van der Waals surface area contributed by atoms with Gasteiger partial charge in [0.2, 0.25) is 23.6 Å². The lowest BCUT2D eigenvalue weighted by molar-refractivity contribution is -0.143. The van der Waals surface area contributed by atoms with Crippen molar-refractivity contribution in [2.45, 2.75) is 77.2 Å². The smallest absolute Gasteiger partial charge is 0.326 e. The summed E-state index contributed by atoms with van der Waals surface area (Å²) in [5, 5.41) is 26.2. The Morgan fingerprint density at radius 2 is 1.72 bits per heavy atom. The van der Waals surface area contributed by atoms with Crippen LogP contribution in [0.15, 0.2) is 0 Å². The van der Waals surface area contributed by atoms with E-state index in [1.807, 2.05) is 0 Å². The van der Waals surface area contributed by atoms with Crippen LogP contribution in [-0.4, -0.2) is 88.1 Å². The standard InChI is InChI=1S/C20H35N5O7/c1-10(2)8-13(20(31)32)23-18(29)16(12(4)26)24-15(27)9-22-17(28)14-6-5-7-25(14)19(30)11(3)21/h10-14,16,26H,5-9,21H2,1-4H3,(H,22,28)(H,23,29)(H,24,27)(H,31,32)/t11-,12+,13-,14-,16-/m0/s1. The van der Waals surface area contributed by atoms with E-state index in [1.54, 1.807) is 13.8 Å². The molecular formula is C20H35N5O7. The monoisotopic (exact) mass is 457 g/mol. The minimum atomic E-state index is -1.41. The fourth-order valence-corrected chi connectivity index (χ4v) is 3.43. The summed E-state index contributed by atoms with van der Waals surface area (Å²) in [6.45, 7) is 6.31. The molecule has 1 saturated heterocycles. The molecule has 0 aliphatic carbocycles. The van der Waals surface area contributed by atoms with Crippen molar-refractivity contribution in [3.8, 4) is 0 Å². The number of hydrogen-bond donors (Lipinski definition) is 6. The first-order chi connectivity index (χ1) is 14.8. The maximum absolute atomic E-state index is 12.5. The van der Waals surface area contributed by atoms with Gasteiger partial charge in [-0.15, -0.1) is 0 Å². The molecule has 182 valence electrons. The maximum Gasteiger partial charge on any atom is 0.326 e. The van der Waals surface area contributed by atoms with Crippen molar-refractivity contribution in [2.24, 2.45) is 11.7 Å². The van der Waals surface area contributed by atoms with Crippen LogP contribution in [0.1, 0.15) is 47.0 Å². The highest BCUT2D eigenvalue weighted by Crippen LogP contribution is 2.18. The number of carboxylic acids is 1. The zero-order chi connectivity index (χ0) is 24.6. The Morgan fingerprint density at radius 3 is 2.22 bits per heavy atom. The van der Waals surface area contributed by atoms with E-state index >= 15 is 0 Å². The number of carbonyl (C=O) groups excluding carboxylic acids is 4. The van der Waals surface area contributed by atoms with E-state index in [1.165, 1.54) is 18.7 Å². The first kappa shape index (κ1) is 27.3. The highest BCUT2D eigenvalue weighted by atomic mass is 16.4. The Bertz CT molecular complexity index is 710. The lowest BCUT2D eigenvalue weighted by atomic mass is 10.0. The fourth-order valence-electron chi connectivity index (χ4n) is 3.43. The molecule has 0 aromatic carbocycles. The molecule has 0 unspecified atom stereocenters.